The molecular formula is C49H70N4O5S. The van der Waals surface area contributed by atoms with E-state index < -0.39 is 21.2 Å². The standard InChI is InChI=1S/C49H70N4O5S/c1-33(2)36-15-22-49(51-25-26-53-27-29-59(56,57)30-28-53)24-23-46(6)38(42(36)49)11-12-40-45(5)18-16-37(44(3,4)39(45)17-19-47(40,46)7)34-13-20-48(21-14-34,43(54)55)32-58-41-10-8-9-35(31-50)52-41/h8-10,13,16,36,38-40,42,51H,1,11-12,14-15,17-30,32H2,2-7H3,(H,54,55)/t36-,38+,39?,40?,42+,45-,46+,47+,48?,49-/m0/s1. The van der Waals surface area contributed by atoms with Crippen LogP contribution in [0.4, 0.5) is 0 Å². The summed E-state index contributed by atoms with van der Waals surface area (Å²) in [5.74, 6) is 2.97. The number of carbonyl (C=O) groups is 1. The summed E-state index contributed by atoms with van der Waals surface area (Å²) in [6.45, 7) is 23.1. The van der Waals surface area contributed by atoms with Crippen LogP contribution in [0, 0.1) is 68.0 Å². The van der Waals surface area contributed by atoms with E-state index in [2.05, 4.69) is 75.5 Å². The van der Waals surface area contributed by atoms with Gasteiger partial charge in [-0.15, -0.1) is 0 Å². The van der Waals surface area contributed by atoms with Gasteiger partial charge >= 0.3 is 5.97 Å². The Bertz CT molecular complexity index is 2060. The average Bonchev–Trinajstić information content (AvgIpc) is 3.58. The van der Waals surface area contributed by atoms with E-state index in [1.807, 2.05) is 6.07 Å². The molecule has 59 heavy (non-hydrogen) atoms. The fourth-order valence-electron chi connectivity index (χ4n) is 15.3. The number of aromatic nitrogens is 1. The number of nitrogens with one attached hydrogen (secondary N) is 1. The lowest BCUT2D eigenvalue weighted by molar-refractivity contribution is -0.221. The van der Waals surface area contributed by atoms with Crippen LogP contribution in [0.15, 0.2) is 53.6 Å². The Morgan fingerprint density at radius 3 is 2.42 bits per heavy atom. The highest BCUT2D eigenvalue weighted by molar-refractivity contribution is 7.91. The maximum Gasteiger partial charge on any atom is 0.313 e. The van der Waals surface area contributed by atoms with Crippen LogP contribution in [0.5, 0.6) is 5.88 Å². The van der Waals surface area contributed by atoms with Crippen LogP contribution in [-0.4, -0.2) is 79.2 Å². The van der Waals surface area contributed by atoms with Crippen molar-refractivity contribution in [1.82, 2.24) is 15.2 Å². The molecule has 2 N–H and O–H groups in total. The van der Waals surface area contributed by atoms with Crippen molar-refractivity contribution in [2.45, 2.75) is 124 Å². The summed E-state index contributed by atoms with van der Waals surface area (Å²) < 4.78 is 30.1. The van der Waals surface area contributed by atoms with Crippen molar-refractivity contribution in [3.63, 3.8) is 0 Å². The molecule has 322 valence electrons. The molecule has 10 atom stereocenters. The molecule has 0 amide bonds. The molecule has 10 heteroatoms. The molecule has 6 aliphatic carbocycles. The summed E-state index contributed by atoms with van der Waals surface area (Å²) in [6.07, 6.45) is 17.4. The van der Waals surface area contributed by atoms with Gasteiger partial charge in [0.25, 0.3) is 0 Å². The molecule has 3 unspecified atom stereocenters. The molecule has 1 saturated heterocycles. The van der Waals surface area contributed by atoms with Crippen LogP contribution < -0.4 is 10.1 Å². The fourth-order valence-corrected chi connectivity index (χ4v) is 16.6. The molecule has 9 nitrogen and oxygen atoms in total. The van der Waals surface area contributed by atoms with Crippen molar-refractivity contribution in [3.8, 4) is 11.9 Å². The molecule has 0 radical (unpaired) electrons. The van der Waals surface area contributed by atoms with Crippen molar-refractivity contribution >= 4 is 15.8 Å². The van der Waals surface area contributed by atoms with Gasteiger partial charge in [-0.2, -0.15) is 5.26 Å². The molecule has 2 heterocycles. The largest absolute Gasteiger partial charge is 0.481 e. The number of sulfone groups is 1. The monoisotopic (exact) mass is 827 g/mol. The molecule has 7 aliphatic rings. The number of carboxylic acid groups (broad SMARTS) is 1. The zero-order valence-electron chi connectivity index (χ0n) is 36.7. The summed E-state index contributed by atoms with van der Waals surface area (Å²) in [5.41, 5.74) is 4.09. The maximum absolute atomic E-state index is 12.8. The van der Waals surface area contributed by atoms with Gasteiger partial charge in [0, 0.05) is 37.8 Å². The number of carboxylic acids is 1. The number of hydrogen-bond acceptors (Lipinski definition) is 8. The third-order valence-electron chi connectivity index (χ3n) is 18.7. The van der Waals surface area contributed by atoms with Crippen molar-refractivity contribution < 1.29 is 23.1 Å². The van der Waals surface area contributed by atoms with E-state index in [1.165, 1.54) is 68.1 Å². The van der Waals surface area contributed by atoms with Gasteiger partial charge in [-0.25, -0.2) is 13.4 Å². The second kappa shape index (κ2) is 15.1. The predicted octanol–water partition coefficient (Wildman–Crippen LogP) is 8.78. The van der Waals surface area contributed by atoms with Gasteiger partial charge in [0.1, 0.15) is 23.8 Å². The topological polar surface area (TPSA) is 133 Å². The zero-order chi connectivity index (χ0) is 42.2. The Morgan fingerprint density at radius 1 is 0.983 bits per heavy atom. The van der Waals surface area contributed by atoms with Crippen molar-refractivity contribution in [3.05, 3.63) is 59.3 Å². The number of fused-ring (bicyclic) bond motifs is 7. The molecule has 1 aromatic heterocycles. The number of nitriles is 1. The first-order chi connectivity index (χ1) is 27.8. The Balaban J connectivity index is 1.00. The number of pyridine rings is 1. The first-order valence-electron chi connectivity index (χ1n) is 22.8. The molecule has 4 saturated carbocycles. The van der Waals surface area contributed by atoms with Gasteiger partial charge in [-0.3, -0.25) is 4.79 Å². The van der Waals surface area contributed by atoms with E-state index in [4.69, 9.17) is 4.74 Å². The minimum atomic E-state index is -2.88. The van der Waals surface area contributed by atoms with E-state index in [9.17, 15) is 23.6 Å². The number of aliphatic carboxylic acids is 1. The highest BCUT2D eigenvalue weighted by Crippen LogP contribution is 2.76. The number of nitrogens with zero attached hydrogens (tertiary/aromatic N) is 3. The highest BCUT2D eigenvalue weighted by atomic mass is 32.2. The molecule has 8 rings (SSSR count). The summed E-state index contributed by atoms with van der Waals surface area (Å²) >= 11 is 0. The molecule has 0 spiro atoms. The number of ether oxygens (including phenoxy) is 1. The Labute approximate surface area is 354 Å². The molecule has 5 fully saturated rings. The highest BCUT2D eigenvalue weighted by Gasteiger charge is 2.70. The van der Waals surface area contributed by atoms with Crippen molar-refractivity contribution in [1.29, 1.82) is 5.26 Å². The van der Waals surface area contributed by atoms with Crippen LogP contribution in [0.1, 0.15) is 124 Å². The number of rotatable bonds is 10. The second-order valence-electron chi connectivity index (χ2n) is 21.6. The van der Waals surface area contributed by atoms with Gasteiger partial charge in [-0.05, 0) is 152 Å². The van der Waals surface area contributed by atoms with Crippen LogP contribution in [-0.2, 0) is 14.6 Å². The number of hydrogen-bond donors (Lipinski definition) is 2. The minimum Gasteiger partial charge on any atom is -0.481 e. The van der Waals surface area contributed by atoms with Gasteiger partial charge in [0.05, 0.1) is 11.5 Å². The average molecular weight is 827 g/mol. The SMILES string of the molecule is C=C(C)[C@@H]1CC[C@]2(NCCN3CCS(=O)(=O)CC3)CC[C@]3(C)[C@H](CCC4[C@@]5(C)CC=C(C6=CCC(COc7cccc(C#N)n7)(C(=O)O)CC6)C(C)(C)C5CC[C@]43C)[C@@H]12. The first kappa shape index (κ1) is 42.7. The van der Waals surface area contributed by atoms with E-state index in [1.54, 1.807) is 18.2 Å². The smallest absolute Gasteiger partial charge is 0.313 e. The Kier molecular flexibility index (Phi) is 10.9. The van der Waals surface area contributed by atoms with E-state index in [0.717, 1.165) is 19.5 Å². The van der Waals surface area contributed by atoms with E-state index in [-0.39, 0.29) is 56.9 Å². The van der Waals surface area contributed by atoms with E-state index in [0.29, 0.717) is 61.9 Å². The van der Waals surface area contributed by atoms with Gasteiger partial charge in [-0.1, -0.05) is 65.0 Å². The van der Waals surface area contributed by atoms with Crippen LogP contribution in [0.25, 0.3) is 0 Å². The van der Waals surface area contributed by atoms with Gasteiger partial charge in [0.2, 0.25) is 5.88 Å². The lowest BCUT2D eigenvalue weighted by Crippen LogP contribution is -2.68. The van der Waals surface area contributed by atoms with Gasteiger partial charge < -0.3 is 20.1 Å². The summed E-state index contributed by atoms with van der Waals surface area (Å²) in [5, 5.41) is 24.0. The quantitative estimate of drug-likeness (QED) is 0.222. The van der Waals surface area contributed by atoms with Crippen LogP contribution in [0.2, 0.25) is 0 Å². The van der Waals surface area contributed by atoms with Crippen LogP contribution >= 0.6 is 0 Å². The Morgan fingerprint density at radius 2 is 1.75 bits per heavy atom. The van der Waals surface area contributed by atoms with Crippen molar-refractivity contribution in [2.75, 3.05) is 44.3 Å². The maximum atomic E-state index is 12.8. The summed E-state index contributed by atoms with van der Waals surface area (Å²) in [4.78, 5) is 19.3. The van der Waals surface area contributed by atoms with Crippen LogP contribution in [0.3, 0.4) is 0 Å². The fraction of sp³-hybridized carbons (Fsp3) is 0.735. The zero-order valence-corrected chi connectivity index (χ0v) is 37.6. The molecule has 0 bridgehead atoms. The lowest BCUT2D eigenvalue weighted by Gasteiger charge is -2.72. The molecule has 0 aromatic carbocycles. The third-order valence-corrected chi connectivity index (χ3v) is 20.3. The molecule has 1 aromatic rings. The van der Waals surface area contributed by atoms with Crippen molar-refractivity contribution in [2.24, 2.45) is 56.7 Å². The molecule has 1 aliphatic heterocycles. The predicted molar refractivity (Wildman–Crippen MR) is 232 cm³/mol. The summed E-state index contributed by atoms with van der Waals surface area (Å²) in [6, 6.07) is 7.04. The summed E-state index contributed by atoms with van der Waals surface area (Å²) in [7, 11) is -2.88. The minimum absolute atomic E-state index is 0.0230. The van der Waals surface area contributed by atoms with E-state index >= 15 is 0 Å². The van der Waals surface area contributed by atoms with Gasteiger partial charge in [0.15, 0.2) is 9.84 Å². The molecular weight excluding hydrogens is 757 g/mol. The normalized spacial score (nSPS) is 41.1. The Hall–Kier alpha value is -3.00. The first-order valence-corrected chi connectivity index (χ1v) is 24.6. The number of allylic oxidation sites excluding steroid dienone is 5. The second-order valence-corrected chi connectivity index (χ2v) is 23.9. The third kappa shape index (κ3) is 6.96. The lowest BCUT2D eigenvalue weighted by atomic mass is 9.33.